The largest absolute Gasteiger partial charge is 0.488 e. The zero-order valence-electron chi connectivity index (χ0n) is 33.0. The van der Waals surface area contributed by atoms with Crippen molar-refractivity contribution in [3.8, 4) is 5.75 Å². The molecule has 5 atom stereocenters. The molecule has 2 aliphatic carbocycles. The third-order valence-corrected chi connectivity index (χ3v) is 10.7. The van der Waals surface area contributed by atoms with Crippen LogP contribution in [0.3, 0.4) is 0 Å². The van der Waals surface area contributed by atoms with Gasteiger partial charge in [-0.1, -0.05) is 59.4 Å². The van der Waals surface area contributed by atoms with Crippen LogP contribution in [0.25, 0.3) is 0 Å². The molecule has 0 bridgehead atoms. The fraction of sp³-hybridized carbons (Fsp3) is 0.650. The molecule has 0 unspecified atom stereocenters. The van der Waals surface area contributed by atoms with Crippen LogP contribution >= 0.6 is 0 Å². The minimum atomic E-state index is -4.64. The number of alkyl halides is 3. The molecule has 2 aliphatic heterocycles. The Balaban J connectivity index is 1.41. The number of amides is 5. The molecule has 3 fully saturated rings. The second kappa shape index (κ2) is 18.6. The normalized spacial score (nSPS) is 21.7. The Hall–Kier alpha value is -4.83. The lowest BCUT2D eigenvalue weighted by Crippen LogP contribution is -2.62. The van der Waals surface area contributed by atoms with Crippen molar-refractivity contribution in [3.63, 3.8) is 0 Å². The number of hydrogen-bond donors (Lipinski definition) is 4. The Morgan fingerprint density at radius 2 is 1.67 bits per heavy atom. The number of carbonyl (C=O) groups is 6. The van der Waals surface area contributed by atoms with Gasteiger partial charge >= 0.3 is 6.18 Å². The van der Waals surface area contributed by atoms with Crippen LogP contribution in [0.15, 0.2) is 34.3 Å². The summed E-state index contributed by atoms with van der Waals surface area (Å²) in [6.07, 6.45) is 1.73. The SMILES string of the molecule is CCC[C@H](NC(=O)[C@@H]1C[C@@H](Oc2cccc(C(F)(F)F)c2)CN1C(=O)[C@@H](NC(=O)[C@@H](NC(=O)C1=NCCN=C1)C1CCCCC1)C(C)(C)C)C(=O)C(=O)NC1CC1. The van der Waals surface area contributed by atoms with Gasteiger partial charge in [0, 0.05) is 12.5 Å². The summed E-state index contributed by atoms with van der Waals surface area (Å²) < 4.78 is 46.6. The van der Waals surface area contributed by atoms with E-state index in [2.05, 4.69) is 31.3 Å². The van der Waals surface area contributed by atoms with Crippen molar-refractivity contribution < 1.29 is 46.7 Å². The van der Waals surface area contributed by atoms with Gasteiger partial charge in [0.25, 0.3) is 11.8 Å². The number of ether oxygens (including phenoxy) is 1. The van der Waals surface area contributed by atoms with Gasteiger partial charge in [-0.3, -0.25) is 38.8 Å². The number of aliphatic imine (C=N–C) groups is 2. The lowest BCUT2D eigenvalue weighted by molar-refractivity contribution is -0.145. The Kier molecular flexibility index (Phi) is 14.1. The highest BCUT2D eigenvalue weighted by Crippen LogP contribution is 2.34. The first-order chi connectivity index (χ1) is 27.0. The third-order valence-electron chi connectivity index (χ3n) is 10.7. The topological polar surface area (TPSA) is 188 Å². The van der Waals surface area contributed by atoms with Crippen molar-refractivity contribution in [2.45, 2.75) is 134 Å². The van der Waals surface area contributed by atoms with E-state index in [4.69, 9.17) is 4.74 Å². The summed E-state index contributed by atoms with van der Waals surface area (Å²) in [5.74, 6) is -4.58. The monoisotopic (exact) mass is 801 g/mol. The molecule has 4 aliphatic rings. The second-order valence-corrected chi connectivity index (χ2v) is 16.4. The lowest BCUT2D eigenvalue weighted by atomic mass is 9.82. The van der Waals surface area contributed by atoms with Gasteiger partial charge in [-0.05, 0) is 61.6 Å². The smallest absolute Gasteiger partial charge is 0.416 e. The highest BCUT2D eigenvalue weighted by atomic mass is 19.4. The molecule has 5 amide bonds. The molecule has 0 radical (unpaired) electrons. The highest BCUT2D eigenvalue weighted by molar-refractivity contribution is 6.61. The summed E-state index contributed by atoms with van der Waals surface area (Å²) >= 11 is 0. The molecule has 1 saturated heterocycles. The molecule has 1 aromatic carbocycles. The predicted octanol–water partition coefficient (Wildman–Crippen LogP) is 3.31. The average Bonchev–Trinajstić information content (AvgIpc) is 3.90. The lowest BCUT2D eigenvalue weighted by Gasteiger charge is -2.37. The number of nitrogens with one attached hydrogen (secondary N) is 4. The minimum Gasteiger partial charge on any atom is -0.488 e. The molecular formula is C40H54F3N7O7. The van der Waals surface area contributed by atoms with E-state index in [0.29, 0.717) is 32.4 Å². The quantitative estimate of drug-likeness (QED) is 0.196. The van der Waals surface area contributed by atoms with Gasteiger partial charge in [-0.2, -0.15) is 13.2 Å². The van der Waals surface area contributed by atoms with E-state index < -0.39 is 82.7 Å². The van der Waals surface area contributed by atoms with Gasteiger partial charge in [-0.15, -0.1) is 0 Å². The van der Waals surface area contributed by atoms with Gasteiger partial charge in [0.2, 0.25) is 23.5 Å². The molecule has 57 heavy (non-hydrogen) atoms. The Morgan fingerprint density at radius 3 is 2.28 bits per heavy atom. The van der Waals surface area contributed by atoms with Crippen LogP contribution in [0.2, 0.25) is 0 Å². The molecule has 4 N–H and O–H groups in total. The van der Waals surface area contributed by atoms with E-state index in [-0.39, 0.29) is 42.8 Å². The molecule has 312 valence electrons. The van der Waals surface area contributed by atoms with Crippen molar-refractivity contribution in [1.82, 2.24) is 26.2 Å². The van der Waals surface area contributed by atoms with Crippen LogP contribution in [-0.4, -0.2) is 108 Å². The molecule has 1 aromatic rings. The average molecular weight is 802 g/mol. The number of rotatable bonds is 15. The van der Waals surface area contributed by atoms with Gasteiger partial charge in [0.15, 0.2) is 0 Å². The highest BCUT2D eigenvalue weighted by Gasteiger charge is 2.47. The van der Waals surface area contributed by atoms with Crippen LogP contribution in [-0.2, 0) is 34.9 Å². The van der Waals surface area contributed by atoms with Crippen molar-refractivity contribution in [1.29, 1.82) is 0 Å². The maximum absolute atomic E-state index is 14.7. The molecule has 0 aromatic heterocycles. The van der Waals surface area contributed by atoms with Crippen molar-refractivity contribution in [2.75, 3.05) is 19.6 Å². The number of halogens is 3. The summed E-state index contributed by atoms with van der Waals surface area (Å²) in [5, 5.41) is 11.0. The summed E-state index contributed by atoms with van der Waals surface area (Å²) in [6.45, 7) is 7.52. The van der Waals surface area contributed by atoms with E-state index in [0.717, 1.165) is 44.2 Å². The number of benzene rings is 1. The van der Waals surface area contributed by atoms with Gasteiger partial charge in [-0.25, -0.2) is 0 Å². The number of hydrogen-bond acceptors (Lipinski definition) is 9. The predicted molar refractivity (Wildman–Crippen MR) is 205 cm³/mol. The molecule has 17 heteroatoms. The van der Waals surface area contributed by atoms with Crippen molar-refractivity contribution in [2.24, 2.45) is 21.3 Å². The fourth-order valence-corrected chi connectivity index (χ4v) is 7.46. The molecule has 0 spiro atoms. The summed E-state index contributed by atoms with van der Waals surface area (Å²) in [6, 6.07) is -0.580. The van der Waals surface area contributed by atoms with Crippen LogP contribution in [0.4, 0.5) is 13.2 Å². The van der Waals surface area contributed by atoms with Crippen molar-refractivity contribution in [3.05, 3.63) is 29.8 Å². The standard InChI is InChI=1S/C40H54F3N7O7/c1-5-10-28(32(51)37(55)46-25-15-16-25)47-35(53)30-20-27(57-26-14-9-13-24(19-26)40(41,42)43)22-50(30)38(56)33(39(2,3)4)49-36(54)31(23-11-7-6-8-12-23)48-34(52)29-21-44-17-18-45-29/h9,13-14,19,21,23,25,27-28,30-31,33H,5-8,10-12,15-18,20,22H2,1-4H3,(H,46,55)(H,47,53)(H,48,52)(H,49,54)/t27-,28+,30+,31+,33-/m1/s1. The maximum atomic E-state index is 14.7. The number of ketones is 1. The zero-order chi connectivity index (χ0) is 41.5. The minimum absolute atomic E-state index is 0.0958. The Morgan fingerprint density at radius 1 is 0.947 bits per heavy atom. The van der Waals surface area contributed by atoms with E-state index >= 15 is 0 Å². The van der Waals surface area contributed by atoms with E-state index in [1.807, 2.05) is 0 Å². The zero-order valence-corrected chi connectivity index (χ0v) is 33.0. The molecule has 5 rings (SSSR count). The maximum Gasteiger partial charge on any atom is 0.416 e. The number of carbonyl (C=O) groups excluding carboxylic acids is 6. The summed E-state index contributed by atoms with van der Waals surface area (Å²) in [5.41, 5.74) is -1.79. The fourth-order valence-electron chi connectivity index (χ4n) is 7.46. The van der Waals surface area contributed by atoms with Crippen LogP contribution < -0.4 is 26.0 Å². The van der Waals surface area contributed by atoms with Gasteiger partial charge in [0.05, 0.1) is 37.5 Å². The van der Waals surface area contributed by atoms with Gasteiger partial charge < -0.3 is 30.9 Å². The molecule has 14 nitrogen and oxygen atoms in total. The molecule has 2 saturated carbocycles. The van der Waals surface area contributed by atoms with E-state index in [1.165, 1.54) is 23.2 Å². The van der Waals surface area contributed by atoms with Crippen LogP contribution in [0.5, 0.6) is 5.75 Å². The Bertz CT molecular complexity index is 1730. The van der Waals surface area contributed by atoms with Gasteiger partial charge in [0.1, 0.15) is 35.7 Å². The first-order valence-corrected chi connectivity index (χ1v) is 19.9. The van der Waals surface area contributed by atoms with Crippen LogP contribution in [0, 0.1) is 11.3 Å². The first-order valence-electron chi connectivity index (χ1n) is 19.9. The molecular weight excluding hydrogens is 747 g/mol. The summed E-state index contributed by atoms with van der Waals surface area (Å²) in [4.78, 5) is 91.9. The second-order valence-electron chi connectivity index (χ2n) is 16.4. The number of Topliss-reactive ketones (excluding diaryl/α,β-unsaturated/α-hetero) is 1. The Labute approximate surface area is 330 Å². The molecule has 2 heterocycles. The third kappa shape index (κ3) is 11.6. The number of nitrogens with zero attached hydrogens (tertiary/aromatic N) is 3. The van der Waals surface area contributed by atoms with E-state index in [9.17, 15) is 41.9 Å². The number of likely N-dealkylation sites (tertiary alicyclic amines) is 1. The van der Waals surface area contributed by atoms with Crippen LogP contribution in [0.1, 0.15) is 97.5 Å². The summed E-state index contributed by atoms with van der Waals surface area (Å²) in [7, 11) is 0. The van der Waals surface area contributed by atoms with E-state index in [1.54, 1.807) is 27.7 Å². The van der Waals surface area contributed by atoms with Crippen molar-refractivity contribution >= 4 is 47.2 Å². The first kappa shape index (κ1) is 43.3.